The second-order valence-electron chi connectivity index (χ2n) is 7.07. The van der Waals surface area contributed by atoms with Gasteiger partial charge in [-0.3, -0.25) is 24.1 Å². The number of ketones is 1. The molecule has 0 spiro atoms. The number of aromatic nitrogens is 1. The maximum Gasteiger partial charge on any atom is 0.261 e. The third-order valence-electron chi connectivity index (χ3n) is 4.98. The topological polar surface area (TPSA) is 106 Å². The summed E-state index contributed by atoms with van der Waals surface area (Å²) < 4.78 is 5.06. The molecule has 0 unspecified atom stereocenters. The molecular weight excluding hydrogens is 430 g/mol. The predicted molar refractivity (Wildman–Crippen MR) is 118 cm³/mol. The van der Waals surface area contributed by atoms with Crippen LogP contribution in [0.4, 0.5) is 5.13 Å². The van der Waals surface area contributed by atoms with Crippen LogP contribution in [0.15, 0.2) is 54.7 Å². The van der Waals surface area contributed by atoms with Gasteiger partial charge in [-0.2, -0.15) is 0 Å². The molecule has 162 valence electrons. The molecule has 0 fully saturated rings. The van der Waals surface area contributed by atoms with Gasteiger partial charge in [-0.05, 0) is 36.4 Å². The van der Waals surface area contributed by atoms with Crippen LogP contribution in [0.3, 0.4) is 0 Å². The van der Waals surface area contributed by atoms with Crippen molar-refractivity contribution >= 4 is 40.0 Å². The average molecular weight is 449 g/mol. The van der Waals surface area contributed by atoms with Crippen LogP contribution >= 0.6 is 11.3 Å². The molecule has 9 heteroatoms. The van der Waals surface area contributed by atoms with E-state index in [-0.39, 0.29) is 42.9 Å². The van der Waals surface area contributed by atoms with Crippen molar-refractivity contribution in [2.45, 2.75) is 19.4 Å². The fourth-order valence-corrected chi connectivity index (χ4v) is 4.12. The van der Waals surface area contributed by atoms with Crippen LogP contribution < -0.4 is 10.1 Å². The van der Waals surface area contributed by atoms with E-state index >= 15 is 0 Å². The highest BCUT2D eigenvalue weighted by Gasteiger charge is 2.35. The zero-order valence-corrected chi connectivity index (χ0v) is 18.0. The third-order valence-corrected chi connectivity index (χ3v) is 5.88. The minimum atomic E-state index is -0.346. The smallest absolute Gasteiger partial charge is 0.261 e. The molecule has 0 bridgehead atoms. The maximum absolute atomic E-state index is 12.5. The average Bonchev–Trinajstić information content (AvgIpc) is 3.35. The lowest BCUT2D eigenvalue weighted by Crippen LogP contribution is -2.28. The first-order valence-corrected chi connectivity index (χ1v) is 10.6. The number of methoxy groups -OCH3 is 1. The molecule has 0 atom stereocenters. The Balaban J connectivity index is 1.30. The molecule has 2 heterocycles. The fourth-order valence-electron chi connectivity index (χ4n) is 3.31. The highest BCUT2D eigenvalue weighted by atomic mass is 32.1. The van der Waals surface area contributed by atoms with Gasteiger partial charge in [0.05, 0.1) is 24.8 Å². The molecule has 1 aliphatic heterocycles. The van der Waals surface area contributed by atoms with Gasteiger partial charge < -0.3 is 10.1 Å². The van der Waals surface area contributed by atoms with Crippen LogP contribution in [0.25, 0.3) is 0 Å². The van der Waals surface area contributed by atoms with Gasteiger partial charge >= 0.3 is 0 Å². The second-order valence-corrected chi connectivity index (χ2v) is 8.19. The number of Topliss-reactive ketones (excluding diaryl/α,β-unsaturated/α-hetero) is 1. The lowest BCUT2D eigenvalue weighted by atomic mass is 10.1. The van der Waals surface area contributed by atoms with Gasteiger partial charge in [0.2, 0.25) is 5.91 Å². The van der Waals surface area contributed by atoms with E-state index in [1.165, 1.54) is 17.5 Å². The van der Waals surface area contributed by atoms with Crippen molar-refractivity contribution in [3.63, 3.8) is 0 Å². The summed E-state index contributed by atoms with van der Waals surface area (Å²) in [5.74, 6) is -0.523. The molecule has 0 radical (unpaired) electrons. The molecule has 3 aromatic rings. The fraction of sp³-hybridized carbons (Fsp3) is 0.174. The number of imide groups is 1. The number of nitrogens with one attached hydrogen (secondary N) is 1. The van der Waals surface area contributed by atoms with E-state index in [9.17, 15) is 19.2 Å². The van der Waals surface area contributed by atoms with Crippen molar-refractivity contribution in [3.8, 4) is 5.75 Å². The number of thiazole rings is 1. The molecule has 1 aliphatic rings. The van der Waals surface area contributed by atoms with Crippen molar-refractivity contribution in [2.75, 3.05) is 12.4 Å². The molecule has 8 nitrogen and oxygen atoms in total. The van der Waals surface area contributed by atoms with Gasteiger partial charge in [-0.15, -0.1) is 0 Å². The van der Waals surface area contributed by atoms with Crippen molar-refractivity contribution in [1.82, 2.24) is 9.88 Å². The Hall–Kier alpha value is -3.85. The zero-order valence-electron chi connectivity index (χ0n) is 17.2. The monoisotopic (exact) mass is 449 g/mol. The third kappa shape index (κ3) is 4.42. The number of carbonyl (C=O) groups excluding carboxylic acids is 4. The van der Waals surface area contributed by atoms with Crippen LogP contribution in [0.2, 0.25) is 0 Å². The standard InChI is InChI=1S/C23H19N3O5S/c1-31-15-8-6-14(7-9-15)19(27)10-11-20(28)25-23-24-12-16(32-23)13-26-21(29)17-4-2-3-5-18(17)22(26)30/h2-9,12H,10-11,13H2,1H3,(H,24,25,28). The zero-order chi connectivity index (χ0) is 22.7. The molecule has 1 N–H and O–H groups in total. The number of rotatable bonds is 8. The molecule has 0 saturated heterocycles. The van der Waals surface area contributed by atoms with Crippen molar-refractivity contribution in [3.05, 3.63) is 76.3 Å². The van der Waals surface area contributed by atoms with Gasteiger partial charge in [0.1, 0.15) is 5.75 Å². The highest BCUT2D eigenvalue weighted by molar-refractivity contribution is 7.15. The number of hydrogen-bond acceptors (Lipinski definition) is 7. The summed E-state index contributed by atoms with van der Waals surface area (Å²) in [5.41, 5.74) is 1.28. The SMILES string of the molecule is COc1ccc(C(=O)CCC(=O)Nc2ncc(CN3C(=O)c4ccccc4C3=O)s2)cc1. The van der Waals surface area contributed by atoms with Crippen molar-refractivity contribution in [2.24, 2.45) is 0 Å². The summed E-state index contributed by atoms with van der Waals surface area (Å²) in [7, 11) is 1.55. The predicted octanol–water partition coefficient (Wildman–Crippen LogP) is 3.55. The van der Waals surface area contributed by atoms with E-state index in [1.807, 2.05) is 0 Å². The Bertz CT molecular complexity index is 1170. The Kier molecular flexibility index (Phi) is 6.09. The van der Waals surface area contributed by atoms with Gasteiger partial charge in [0.15, 0.2) is 10.9 Å². The number of nitrogens with zero attached hydrogens (tertiary/aromatic N) is 2. The summed E-state index contributed by atoms with van der Waals surface area (Å²) in [6, 6.07) is 13.4. The molecule has 2 aromatic carbocycles. The van der Waals surface area contributed by atoms with Crippen LogP contribution in [0.1, 0.15) is 48.8 Å². The minimum Gasteiger partial charge on any atom is -0.497 e. The van der Waals surface area contributed by atoms with E-state index < -0.39 is 0 Å². The summed E-state index contributed by atoms with van der Waals surface area (Å²) in [4.78, 5) is 55.4. The number of fused-ring (bicyclic) bond motifs is 1. The number of anilines is 1. The Morgan fingerprint density at radius 2 is 1.66 bits per heavy atom. The molecule has 3 amide bonds. The maximum atomic E-state index is 12.5. The van der Waals surface area contributed by atoms with Crippen LogP contribution in [0.5, 0.6) is 5.75 Å². The summed E-state index contributed by atoms with van der Waals surface area (Å²) >= 11 is 1.18. The highest BCUT2D eigenvalue weighted by Crippen LogP contribution is 2.27. The number of benzene rings is 2. The minimum absolute atomic E-state index is 0.0121. The number of carbonyl (C=O) groups is 4. The Morgan fingerprint density at radius 1 is 1.00 bits per heavy atom. The summed E-state index contributed by atoms with van der Waals surface area (Å²) in [5, 5.41) is 3.01. The number of amides is 3. The van der Waals surface area contributed by atoms with Crippen LogP contribution in [-0.2, 0) is 11.3 Å². The normalized spacial score (nSPS) is 12.6. The Labute approximate surface area is 187 Å². The molecule has 4 rings (SSSR count). The van der Waals surface area contributed by atoms with Crippen LogP contribution in [0, 0.1) is 0 Å². The van der Waals surface area contributed by atoms with Crippen LogP contribution in [-0.4, -0.2) is 40.5 Å². The lowest BCUT2D eigenvalue weighted by Gasteiger charge is -2.11. The largest absolute Gasteiger partial charge is 0.497 e. The quantitative estimate of drug-likeness (QED) is 0.416. The van der Waals surface area contributed by atoms with Gasteiger partial charge in [0, 0.05) is 29.5 Å². The first-order valence-electron chi connectivity index (χ1n) is 9.83. The van der Waals surface area contributed by atoms with E-state index in [1.54, 1.807) is 55.6 Å². The Morgan fingerprint density at radius 3 is 2.28 bits per heavy atom. The van der Waals surface area contributed by atoms with Gasteiger partial charge in [-0.1, -0.05) is 23.5 Å². The van der Waals surface area contributed by atoms with E-state index in [0.717, 1.165) is 4.90 Å². The second kappa shape index (κ2) is 9.11. The molecule has 1 aromatic heterocycles. The molecule has 0 saturated carbocycles. The summed E-state index contributed by atoms with van der Waals surface area (Å²) in [6.45, 7) is 0.0792. The molecule has 0 aliphatic carbocycles. The van der Waals surface area contributed by atoms with Crippen molar-refractivity contribution in [1.29, 1.82) is 0 Å². The molecule has 32 heavy (non-hydrogen) atoms. The molecular formula is C23H19N3O5S. The van der Waals surface area contributed by atoms with E-state index in [4.69, 9.17) is 4.74 Å². The van der Waals surface area contributed by atoms with Gasteiger partial charge in [0.25, 0.3) is 11.8 Å². The van der Waals surface area contributed by atoms with Gasteiger partial charge in [-0.25, -0.2) is 4.98 Å². The van der Waals surface area contributed by atoms with Crippen molar-refractivity contribution < 1.29 is 23.9 Å². The summed E-state index contributed by atoms with van der Waals surface area (Å²) in [6.07, 6.45) is 1.59. The lowest BCUT2D eigenvalue weighted by molar-refractivity contribution is -0.116. The van der Waals surface area contributed by atoms with E-state index in [0.29, 0.717) is 32.4 Å². The first kappa shape index (κ1) is 21.4. The van der Waals surface area contributed by atoms with E-state index in [2.05, 4.69) is 10.3 Å². The number of hydrogen-bond donors (Lipinski definition) is 1. The number of ether oxygens (including phenoxy) is 1. The first-order chi connectivity index (χ1) is 15.5.